The van der Waals surface area contributed by atoms with Gasteiger partial charge in [-0.2, -0.15) is 0 Å². The molecule has 3 fully saturated rings. The van der Waals surface area contributed by atoms with E-state index in [9.17, 15) is 27.6 Å². The molecule has 0 unspecified atom stereocenters. The molecule has 3 N–H and O–H groups in total. The number of amides is 4. The van der Waals surface area contributed by atoms with Crippen molar-refractivity contribution in [1.82, 2.24) is 25.2 Å². The normalized spacial score (nSPS) is 23.8. The van der Waals surface area contributed by atoms with Gasteiger partial charge in [-0.15, -0.1) is 6.58 Å². The predicted molar refractivity (Wildman–Crippen MR) is 191 cm³/mol. The molecule has 1 aromatic heterocycles. The molecule has 5 atom stereocenters. The third-order valence-electron chi connectivity index (χ3n) is 9.17. The molecular formula is C37H49N5O8S. The van der Waals surface area contributed by atoms with Gasteiger partial charge in [-0.05, 0) is 52.4 Å². The first-order chi connectivity index (χ1) is 23.7. The Labute approximate surface area is 300 Å². The summed E-state index contributed by atoms with van der Waals surface area (Å²) < 4.78 is 39.4. The van der Waals surface area contributed by atoms with E-state index in [1.807, 2.05) is 37.3 Å². The second-order valence-electron chi connectivity index (χ2n) is 15.8. The Morgan fingerprint density at radius 1 is 1.06 bits per heavy atom. The molecule has 276 valence electrons. The number of benzene rings is 1. The highest BCUT2D eigenvalue weighted by Crippen LogP contribution is 2.45. The van der Waals surface area contributed by atoms with Crippen molar-refractivity contribution < 1.29 is 37.1 Å². The highest BCUT2D eigenvalue weighted by Gasteiger charge is 2.62. The smallest absolute Gasteiger partial charge is 0.408 e. The number of hydrogen-bond acceptors (Lipinski definition) is 9. The van der Waals surface area contributed by atoms with Crippen molar-refractivity contribution in [3.8, 4) is 17.0 Å². The molecule has 1 saturated heterocycles. The molecule has 0 bridgehead atoms. The third kappa shape index (κ3) is 8.89. The Bertz CT molecular complexity index is 1800. The van der Waals surface area contributed by atoms with Gasteiger partial charge in [0.15, 0.2) is 0 Å². The van der Waals surface area contributed by atoms with E-state index >= 15 is 0 Å². The molecule has 2 saturated carbocycles. The maximum atomic E-state index is 14.4. The molecule has 14 heteroatoms. The van der Waals surface area contributed by atoms with Crippen LogP contribution in [0.15, 0.2) is 55.1 Å². The van der Waals surface area contributed by atoms with Crippen LogP contribution in [0.5, 0.6) is 5.75 Å². The monoisotopic (exact) mass is 723 g/mol. The fraction of sp³-hybridized carbons (Fsp3) is 0.541. The minimum atomic E-state index is -3.89. The Morgan fingerprint density at radius 2 is 1.73 bits per heavy atom. The number of nitrogens with one attached hydrogen (secondary N) is 3. The fourth-order valence-corrected chi connectivity index (χ4v) is 7.65. The lowest BCUT2D eigenvalue weighted by Crippen LogP contribution is -2.60. The number of carbonyl (C=O) groups excluding carboxylic acids is 4. The van der Waals surface area contributed by atoms with Gasteiger partial charge in [0.1, 0.15) is 35.1 Å². The van der Waals surface area contributed by atoms with Gasteiger partial charge < -0.3 is 25.0 Å². The van der Waals surface area contributed by atoms with Crippen molar-refractivity contribution in [3.63, 3.8) is 0 Å². The van der Waals surface area contributed by atoms with Crippen molar-refractivity contribution in [2.24, 2.45) is 11.3 Å². The number of hydrogen-bond donors (Lipinski definition) is 3. The number of rotatable bonds is 11. The van der Waals surface area contributed by atoms with E-state index in [2.05, 4.69) is 26.9 Å². The van der Waals surface area contributed by atoms with E-state index in [-0.39, 0.29) is 19.4 Å². The van der Waals surface area contributed by atoms with Crippen molar-refractivity contribution in [2.45, 2.75) is 109 Å². The summed E-state index contributed by atoms with van der Waals surface area (Å²) in [6.07, 6.45) is 1.18. The second-order valence-corrected chi connectivity index (χ2v) is 17.8. The quantitative estimate of drug-likeness (QED) is 0.290. The second kappa shape index (κ2) is 13.9. The molecule has 4 amide bonds. The fourth-order valence-electron chi connectivity index (χ4n) is 6.29. The molecular weight excluding hydrogens is 675 g/mol. The molecule has 1 aromatic carbocycles. The lowest BCUT2D eigenvalue weighted by atomic mass is 9.85. The average molecular weight is 724 g/mol. The van der Waals surface area contributed by atoms with Gasteiger partial charge in [0.05, 0.1) is 17.5 Å². The Morgan fingerprint density at radius 3 is 2.29 bits per heavy atom. The Hall–Kier alpha value is -4.46. The highest BCUT2D eigenvalue weighted by atomic mass is 32.2. The van der Waals surface area contributed by atoms with Crippen LogP contribution in [0.4, 0.5) is 4.79 Å². The number of nitrogens with zero attached hydrogens (tertiary/aromatic N) is 2. The molecule has 3 aliphatic rings. The van der Waals surface area contributed by atoms with Gasteiger partial charge in [0.2, 0.25) is 21.8 Å². The van der Waals surface area contributed by atoms with Gasteiger partial charge in [-0.25, -0.2) is 13.2 Å². The number of likely N-dealkylation sites (tertiary alicyclic amines) is 1. The summed E-state index contributed by atoms with van der Waals surface area (Å²) in [5.74, 6) is -2.05. The van der Waals surface area contributed by atoms with Gasteiger partial charge in [-0.1, -0.05) is 57.2 Å². The standard InChI is InChI=1S/C37H49N5O8S/c1-9-24-20-37(24,33(45)41-51(47,48)27-15-16-27)40-31(43)29-19-26(49-25-17-22(2)38-28(18-25)23-13-11-10-12-14-23)21-42(29)32(44)30(35(3,4)5)39-34(46)50-36(6,7)8/h9-14,17-18,24,26-27,29-30H,1,15-16,19-21H2,2-8H3,(H,39,46)(H,40,43)(H,41,45)/t24-,26-,29+,30-,37-/m1/s1. The molecule has 13 nitrogen and oxygen atoms in total. The Kier molecular flexibility index (Phi) is 10.3. The highest BCUT2D eigenvalue weighted by molar-refractivity contribution is 7.91. The van der Waals surface area contributed by atoms with Crippen LogP contribution < -0.4 is 20.1 Å². The van der Waals surface area contributed by atoms with E-state index in [4.69, 9.17) is 9.47 Å². The number of sulfonamides is 1. The SMILES string of the molecule is C=C[C@@H]1C[C@]1(NC(=O)[C@@H]1C[C@@H](Oc2cc(C)nc(-c3ccccc3)c2)CN1C(=O)[C@@H](NC(=O)OC(C)(C)C)C(C)(C)C)C(=O)NS(=O)(=O)C1CC1. The molecule has 0 radical (unpaired) electrons. The van der Waals surface area contributed by atoms with Crippen LogP contribution in [0.2, 0.25) is 0 Å². The molecule has 2 aliphatic carbocycles. The summed E-state index contributed by atoms with van der Waals surface area (Å²) in [6.45, 7) is 16.1. The van der Waals surface area contributed by atoms with E-state index in [1.54, 1.807) is 53.7 Å². The van der Waals surface area contributed by atoms with Crippen LogP contribution >= 0.6 is 0 Å². The number of ether oxygens (including phenoxy) is 2. The van der Waals surface area contributed by atoms with Crippen LogP contribution in [0.3, 0.4) is 0 Å². The van der Waals surface area contributed by atoms with E-state index < -0.39 is 79.7 Å². The van der Waals surface area contributed by atoms with E-state index in [1.165, 1.54) is 11.0 Å². The topological polar surface area (TPSA) is 173 Å². The zero-order valence-corrected chi connectivity index (χ0v) is 31.1. The number of carbonyl (C=O) groups is 4. The van der Waals surface area contributed by atoms with Crippen molar-refractivity contribution in [3.05, 3.63) is 60.8 Å². The van der Waals surface area contributed by atoms with Crippen molar-refractivity contribution >= 4 is 33.8 Å². The molecule has 0 spiro atoms. The number of alkyl carbamates (subject to hydrolysis) is 1. The lowest BCUT2D eigenvalue weighted by Gasteiger charge is -2.36. The minimum absolute atomic E-state index is 0.0122. The lowest BCUT2D eigenvalue weighted by molar-refractivity contribution is -0.143. The molecule has 2 heterocycles. The minimum Gasteiger partial charge on any atom is -0.488 e. The van der Waals surface area contributed by atoms with Crippen LogP contribution in [0.25, 0.3) is 11.3 Å². The maximum absolute atomic E-state index is 14.4. The summed E-state index contributed by atoms with van der Waals surface area (Å²) >= 11 is 0. The van der Waals surface area contributed by atoms with E-state index in [0.29, 0.717) is 30.0 Å². The molecule has 5 rings (SSSR count). The Balaban J connectivity index is 1.43. The third-order valence-corrected chi connectivity index (χ3v) is 11.0. The largest absolute Gasteiger partial charge is 0.488 e. The first-order valence-electron chi connectivity index (χ1n) is 17.2. The summed E-state index contributed by atoms with van der Waals surface area (Å²) in [5.41, 5.74) is -0.873. The number of aromatic nitrogens is 1. The van der Waals surface area contributed by atoms with Gasteiger partial charge in [0, 0.05) is 35.7 Å². The maximum Gasteiger partial charge on any atom is 0.408 e. The zero-order chi connectivity index (χ0) is 37.5. The van der Waals surface area contributed by atoms with Gasteiger partial charge >= 0.3 is 6.09 Å². The predicted octanol–water partition coefficient (Wildman–Crippen LogP) is 4.01. The summed E-state index contributed by atoms with van der Waals surface area (Å²) in [4.78, 5) is 61.0. The van der Waals surface area contributed by atoms with Crippen LogP contribution in [0, 0.1) is 18.3 Å². The first-order valence-corrected chi connectivity index (χ1v) is 18.8. The van der Waals surface area contributed by atoms with Crippen LogP contribution in [-0.2, 0) is 29.1 Å². The first kappa shape index (κ1) is 37.8. The van der Waals surface area contributed by atoms with Gasteiger partial charge in [-0.3, -0.25) is 24.1 Å². The van der Waals surface area contributed by atoms with E-state index in [0.717, 1.165) is 5.56 Å². The van der Waals surface area contributed by atoms with Crippen LogP contribution in [-0.4, -0.2) is 83.2 Å². The summed E-state index contributed by atoms with van der Waals surface area (Å²) in [7, 11) is -3.89. The van der Waals surface area contributed by atoms with Gasteiger partial charge in [0.25, 0.3) is 5.91 Å². The zero-order valence-electron chi connectivity index (χ0n) is 30.3. The number of aryl methyl sites for hydroxylation is 1. The average Bonchev–Trinajstić information content (AvgIpc) is 3.95. The molecule has 2 aromatic rings. The van der Waals surface area contributed by atoms with Crippen molar-refractivity contribution in [1.29, 1.82) is 0 Å². The van der Waals surface area contributed by atoms with Crippen LogP contribution in [0.1, 0.15) is 72.9 Å². The summed E-state index contributed by atoms with van der Waals surface area (Å²) in [6, 6.07) is 10.9. The van der Waals surface area contributed by atoms with Crippen molar-refractivity contribution in [2.75, 3.05) is 6.54 Å². The number of pyridine rings is 1. The molecule has 51 heavy (non-hydrogen) atoms. The molecule has 1 aliphatic heterocycles. The summed E-state index contributed by atoms with van der Waals surface area (Å²) in [5, 5.41) is 4.86.